The van der Waals surface area contributed by atoms with Gasteiger partial charge in [0.25, 0.3) is 0 Å². The second-order valence-electron chi connectivity index (χ2n) is 11.7. The molecule has 3 rings (SSSR count). The van der Waals surface area contributed by atoms with Gasteiger partial charge < -0.3 is 84.8 Å². The summed E-state index contributed by atoms with van der Waals surface area (Å²) in [7, 11) is 0. The molecule has 3 heterocycles. The molecule has 0 unspecified atom stereocenters. The Morgan fingerprint density at radius 2 is 1.15 bits per heavy atom. The normalized spacial score (nSPS) is 40.4. The molecule has 15 atom stereocenters. The molecule has 11 N–H and O–H groups in total. The Kier molecular flexibility index (Phi) is 17.8. The van der Waals surface area contributed by atoms with Crippen molar-refractivity contribution in [1.29, 1.82) is 0 Å². The highest BCUT2D eigenvalue weighted by molar-refractivity contribution is 7.99. The van der Waals surface area contributed by atoms with Gasteiger partial charge in [-0.2, -0.15) is 11.8 Å². The first-order valence-electron chi connectivity index (χ1n) is 15.9. The number of rotatable bonds is 19. The van der Waals surface area contributed by atoms with Gasteiger partial charge in [-0.05, 0) is 24.7 Å². The minimum absolute atomic E-state index is 0.198. The number of amides is 1. The Hall–Kier alpha value is -1.08. The molecule has 0 aliphatic carbocycles. The number of carbonyl (C=O) groups excluding carboxylic acids is 1. The fraction of sp³-hybridized carbons (Fsp3) is 0.897. The highest BCUT2D eigenvalue weighted by atomic mass is 32.2. The molecule has 0 aromatic rings. The minimum Gasteiger partial charge on any atom is -0.394 e. The van der Waals surface area contributed by atoms with Crippen LogP contribution in [0, 0.1) is 0 Å². The van der Waals surface area contributed by atoms with Crippen molar-refractivity contribution in [2.45, 2.75) is 118 Å². The molecule has 0 saturated carbocycles. The fourth-order valence-electron chi connectivity index (χ4n) is 5.46. The second kappa shape index (κ2) is 20.7. The first-order valence-corrected chi connectivity index (χ1v) is 17.1. The maximum Gasteiger partial charge on any atom is 0.243 e. The third-order valence-corrected chi connectivity index (χ3v) is 9.34. The minimum atomic E-state index is -1.91. The third-order valence-electron chi connectivity index (χ3n) is 8.27. The topological polar surface area (TPSA) is 287 Å². The van der Waals surface area contributed by atoms with E-state index >= 15 is 0 Å². The lowest BCUT2D eigenvalue weighted by molar-refractivity contribution is -0.379. The van der Waals surface area contributed by atoms with Crippen molar-refractivity contribution in [3.8, 4) is 0 Å². The van der Waals surface area contributed by atoms with E-state index in [-0.39, 0.29) is 12.5 Å². The van der Waals surface area contributed by atoms with Crippen LogP contribution >= 0.6 is 11.8 Å². The molecule has 0 radical (unpaired) electrons. The molecule has 3 aliphatic rings. The standard InChI is InChI=1S/C29H51NO17S/c1-2-17(34)30-7-10-48-9-6-4-3-5-8-42-27-23(40)20(37)25(15(12-32)44-27)47-29-24(41)21(38)26(16(13-33)45-29)46-28-22(39)19(36)18(35)14(11-31)43-28/h2,14-16,18-29,31-33,35-41H,1,3-13H2,(H,30,34)/t14-,15-,16-,18+,19+,20-,21-,22-,23-,24-,25-,26+,27-,28-,29+/m1/s1. The molecule has 3 fully saturated rings. The molecule has 3 aliphatic heterocycles. The molecule has 0 aromatic carbocycles. The molecule has 280 valence electrons. The van der Waals surface area contributed by atoms with Crippen LogP contribution in [-0.4, -0.2) is 194 Å². The van der Waals surface area contributed by atoms with E-state index < -0.39 is 112 Å². The second-order valence-corrected chi connectivity index (χ2v) is 12.9. The van der Waals surface area contributed by atoms with Crippen molar-refractivity contribution in [1.82, 2.24) is 5.32 Å². The van der Waals surface area contributed by atoms with E-state index in [9.17, 15) is 55.9 Å². The van der Waals surface area contributed by atoms with Gasteiger partial charge in [0.2, 0.25) is 5.91 Å². The third kappa shape index (κ3) is 11.0. The number of aliphatic hydroxyl groups excluding tert-OH is 10. The molecule has 19 heteroatoms. The number of aliphatic hydroxyl groups is 10. The predicted octanol–water partition coefficient (Wildman–Crippen LogP) is -4.95. The van der Waals surface area contributed by atoms with Gasteiger partial charge in [-0.1, -0.05) is 19.4 Å². The van der Waals surface area contributed by atoms with Crippen molar-refractivity contribution in [3.63, 3.8) is 0 Å². The summed E-state index contributed by atoms with van der Waals surface area (Å²) < 4.78 is 33.3. The Bertz CT molecular complexity index is 949. The van der Waals surface area contributed by atoms with Gasteiger partial charge in [0.15, 0.2) is 18.9 Å². The summed E-state index contributed by atoms with van der Waals surface area (Å²) in [5.74, 6) is 1.53. The summed E-state index contributed by atoms with van der Waals surface area (Å²) in [5, 5.41) is 106. The number of hydrogen-bond acceptors (Lipinski definition) is 18. The van der Waals surface area contributed by atoms with E-state index in [0.29, 0.717) is 13.0 Å². The highest BCUT2D eigenvalue weighted by Gasteiger charge is 2.53. The van der Waals surface area contributed by atoms with Crippen molar-refractivity contribution >= 4 is 17.7 Å². The van der Waals surface area contributed by atoms with Crippen LogP contribution in [0.5, 0.6) is 0 Å². The van der Waals surface area contributed by atoms with Gasteiger partial charge in [-0.3, -0.25) is 4.79 Å². The quantitative estimate of drug-likeness (QED) is 0.0441. The highest BCUT2D eigenvalue weighted by Crippen LogP contribution is 2.32. The molecule has 18 nitrogen and oxygen atoms in total. The molecule has 0 bridgehead atoms. The van der Waals surface area contributed by atoms with Crippen molar-refractivity contribution in [2.24, 2.45) is 0 Å². The number of carbonyl (C=O) groups is 1. The van der Waals surface area contributed by atoms with Gasteiger partial charge in [-0.25, -0.2) is 0 Å². The maximum absolute atomic E-state index is 11.1. The van der Waals surface area contributed by atoms with E-state index in [4.69, 9.17) is 28.4 Å². The first kappa shape index (κ1) is 41.3. The van der Waals surface area contributed by atoms with Gasteiger partial charge in [0.05, 0.1) is 19.8 Å². The zero-order valence-electron chi connectivity index (χ0n) is 26.5. The van der Waals surface area contributed by atoms with Crippen molar-refractivity contribution in [2.75, 3.05) is 44.5 Å². The van der Waals surface area contributed by atoms with Crippen LogP contribution in [-0.2, 0) is 33.2 Å². The number of ether oxygens (including phenoxy) is 6. The molecule has 0 aromatic heterocycles. The smallest absolute Gasteiger partial charge is 0.243 e. The average Bonchev–Trinajstić information content (AvgIpc) is 3.09. The number of unbranched alkanes of at least 4 members (excludes halogenated alkanes) is 3. The molecule has 1 amide bonds. The fourth-order valence-corrected chi connectivity index (χ4v) is 6.32. The molecule has 3 saturated heterocycles. The van der Waals surface area contributed by atoms with E-state index in [2.05, 4.69) is 11.9 Å². The lowest BCUT2D eigenvalue weighted by Crippen LogP contribution is -2.66. The zero-order chi connectivity index (χ0) is 35.4. The summed E-state index contributed by atoms with van der Waals surface area (Å²) in [6, 6.07) is 0. The largest absolute Gasteiger partial charge is 0.394 e. The summed E-state index contributed by atoms with van der Waals surface area (Å²) in [4.78, 5) is 11.1. The van der Waals surface area contributed by atoms with Crippen LogP contribution in [0.2, 0.25) is 0 Å². The lowest BCUT2D eigenvalue weighted by Gasteiger charge is -2.48. The van der Waals surface area contributed by atoms with E-state index in [1.165, 1.54) is 6.08 Å². The Morgan fingerprint density at radius 3 is 1.71 bits per heavy atom. The van der Waals surface area contributed by atoms with Gasteiger partial charge in [-0.15, -0.1) is 0 Å². The van der Waals surface area contributed by atoms with Gasteiger partial charge in [0.1, 0.15) is 73.2 Å². The summed E-state index contributed by atoms with van der Waals surface area (Å²) in [6.45, 7) is 1.92. The van der Waals surface area contributed by atoms with Gasteiger partial charge in [0, 0.05) is 18.9 Å². The lowest BCUT2D eigenvalue weighted by atomic mass is 9.96. The maximum atomic E-state index is 11.1. The van der Waals surface area contributed by atoms with Crippen LogP contribution in [0.3, 0.4) is 0 Å². The number of nitrogens with one attached hydrogen (secondary N) is 1. The summed E-state index contributed by atoms with van der Waals surface area (Å²) >= 11 is 1.73. The zero-order valence-corrected chi connectivity index (χ0v) is 27.3. The predicted molar refractivity (Wildman–Crippen MR) is 164 cm³/mol. The monoisotopic (exact) mass is 717 g/mol. The molecular formula is C29H51NO17S. The van der Waals surface area contributed by atoms with Crippen LogP contribution in [0.4, 0.5) is 0 Å². The van der Waals surface area contributed by atoms with E-state index in [0.717, 1.165) is 30.8 Å². The number of thioether (sulfide) groups is 1. The SMILES string of the molecule is C=CC(=O)NCCSCCCCCCO[C@@H]1O[C@H](CO)[C@@H](O[C@@H]2O[C@H](CO)[C@H](O[C@H]3O[C@H](CO)[C@H](O)[C@H](O)[C@H]3O)[C@H](O)[C@H]2O)[C@H](O)[C@H]1O. The van der Waals surface area contributed by atoms with Crippen LogP contribution in [0.1, 0.15) is 25.7 Å². The Morgan fingerprint density at radius 1 is 0.646 bits per heavy atom. The Labute approximate surface area is 282 Å². The Balaban J connectivity index is 1.46. The average molecular weight is 718 g/mol. The van der Waals surface area contributed by atoms with Crippen molar-refractivity contribution < 1.29 is 84.3 Å². The summed E-state index contributed by atoms with van der Waals surface area (Å²) in [5.41, 5.74) is 0. The number of hydrogen-bond donors (Lipinski definition) is 11. The molecular weight excluding hydrogens is 666 g/mol. The molecule has 0 spiro atoms. The van der Waals surface area contributed by atoms with Gasteiger partial charge >= 0.3 is 0 Å². The molecule has 48 heavy (non-hydrogen) atoms. The van der Waals surface area contributed by atoms with Crippen LogP contribution in [0.15, 0.2) is 12.7 Å². The van der Waals surface area contributed by atoms with Crippen molar-refractivity contribution in [3.05, 3.63) is 12.7 Å². The van der Waals surface area contributed by atoms with Crippen LogP contribution in [0.25, 0.3) is 0 Å². The van der Waals surface area contributed by atoms with Crippen LogP contribution < -0.4 is 5.32 Å². The summed E-state index contributed by atoms with van der Waals surface area (Å²) in [6.07, 6.45) is -19.6. The van der Waals surface area contributed by atoms with E-state index in [1.807, 2.05) is 0 Å². The van der Waals surface area contributed by atoms with E-state index in [1.54, 1.807) is 11.8 Å². The first-order chi connectivity index (χ1) is 23.0.